The maximum Gasteiger partial charge on any atom is 0.255 e. The number of amides is 1. The molecule has 0 fully saturated rings. The highest BCUT2D eigenvalue weighted by molar-refractivity contribution is 9.10. The van der Waals surface area contributed by atoms with E-state index in [0.29, 0.717) is 12.1 Å². The standard InChI is InChI=1S/C19H21BrN6O/c1-13-16(11-22-26(13)15-8-6-14(20)7-9-15)19(27)21-12-18-24-23-17-5-3-2-4-10-25(17)18/h6-9,11H,2-5,10,12H2,1H3,(H,21,27). The second kappa shape index (κ2) is 7.64. The lowest BCUT2D eigenvalue weighted by Gasteiger charge is -2.09. The first kappa shape index (κ1) is 17.9. The Labute approximate surface area is 165 Å². The maximum absolute atomic E-state index is 12.7. The molecule has 27 heavy (non-hydrogen) atoms. The van der Waals surface area contributed by atoms with E-state index in [2.05, 4.69) is 41.1 Å². The summed E-state index contributed by atoms with van der Waals surface area (Å²) < 4.78 is 4.91. The zero-order valence-electron chi connectivity index (χ0n) is 15.2. The van der Waals surface area contributed by atoms with Gasteiger partial charge in [0, 0.05) is 17.4 Å². The summed E-state index contributed by atoms with van der Waals surface area (Å²) in [5.41, 5.74) is 2.28. The third-order valence-electron chi connectivity index (χ3n) is 4.92. The lowest BCUT2D eigenvalue weighted by atomic mass is 10.2. The monoisotopic (exact) mass is 428 g/mol. The molecule has 3 heterocycles. The second-order valence-electron chi connectivity index (χ2n) is 6.71. The summed E-state index contributed by atoms with van der Waals surface area (Å²) in [6.07, 6.45) is 6.06. The summed E-state index contributed by atoms with van der Waals surface area (Å²) >= 11 is 3.43. The summed E-state index contributed by atoms with van der Waals surface area (Å²) in [7, 11) is 0. The van der Waals surface area contributed by atoms with Gasteiger partial charge in [-0.3, -0.25) is 4.79 Å². The molecule has 1 amide bonds. The minimum absolute atomic E-state index is 0.151. The van der Waals surface area contributed by atoms with E-state index in [0.717, 1.165) is 53.3 Å². The third kappa shape index (κ3) is 3.66. The quantitative estimate of drug-likeness (QED) is 0.691. The Morgan fingerprint density at radius 3 is 2.81 bits per heavy atom. The first-order chi connectivity index (χ1) is 13.1. The highest BCUT2D eigenvalue weighted by Crippen LogP contribution is 2.18. The van der Waals surface area contributed by atoms with Gasteiger partial charge in [-0.25, -0.2) is 4.68 Å². The normalized spacial score (nSPS) is 13.9. The number of nitrogens with zero attached hydrogens (tertiary/aromatic N) is 5. The molecule has 0 radical (unpaired) electrons. The van der Waals surface area contributed by atoms with E-state index >= 15 is 0 Å². The van der Waals surface area contributed by atoms with Gasteiger partial charge in [0.25, 0.3) is 5.91 Å². The maximum atomic E-state index is 12.7. The molecule has 0 saturated heterocycles. The smallest absolute Gasteiger partial charge is 0.255 e. The number of fused-ring (bicyclic) bond motifs is 1. The van der Waals surface area contributed by atoms with Gasteiger partial charge < -0.3 is 9.88 Å². The molecule has 1 aliphatic rings. The van der Waals surface area contributed by atoms with Crippen LogP contribution in [0.2, 0.25) is 0 Å². The minimum atomic E-state index is -0.151. The van der Waals surface area contributed by atoms with Gasteiger partial charge in [-0.05, 0) is 44.0 Å². The van der Waals surface area contributed by atoms with Crippen molar-refractivity contribution in [1.82, 2.24) is 29.9 Å². The van der Waals surface area contributed by atoms with Crippen molar-refractivity contribution in [2.75, 3.05) is 0 Å². The van der Waals surface area contributed by atoms with Crippen LogP contribution in [0.25, 0.3) is 5.69 Å². The Balaban J connectivity index is 1.48. The molecule has 3 aromatic rings. The van der Waals surface area contributed by atoms with Crippen molar-refractivity contribution in [2.45, 2.75) is 45.7 Å². The predicted octanol–water partition coefficient (Wildman–Crippen LogP) is 3.19. The number of hydrogen-bond acceptors (Lipinski definition) is 4. The molecule has 0 saturated carbocycles. The second-order valence-corrected chi connectivity index (χ2v) is 7.62. The van der Waals surface area contributed by atoms with Crippen LogP contribution in [0.4, 0.5) is 0 Å². The topological polar surface area (TPSA) is 77.6 Å². The van der Waals surface area contributed by atoms with Gasteiger partial charge >= 0.3 is 0 Å². The zero-order chi connectivity index (χ0) is 18.8. The van der Waals surface area contributed by atoms with Crippen molar-refractivity contribution in [3.63, 3.8) is 0 Å². The van der Waals surface area contributed by atoms with Gasteiger partial charge in [-0.15, -0.1) is 10.2 Å². The van der Waals surface area contributed by atoms with E-state index in [1.54, 1.807) is 10.9 Å². The number of benzene rings is 1. The number of halogens is 1. The van der Waals surface area contributed by atoms with Crippen LogP contribution in [-0.4, -0.2) is 30.5 Å². The Bertz CT molecular complexity index is 959. The van der Waals surface area contributed by atoms with Crippen LogP contribution in [0.5, 0.6) is 0 Å². The van der Waals surface area contributed by atoms with Crippen LogP contribution < -0.4 is 5.32 Å². The van der Waals surface area contributed by atoms with Crippen LogP contribution in [0.1, 0.15) is 47.0 Å². The van der Waals surface area contributed by atoms with Crippen molar-refractivity contribution in [3.8, 4) is 5.69 Å². The van der Waals surface area contributed by atoms with Crippen LogP contribution in [0, 0.1) is 6.92 Å². The highest BCUT2D eigenvalue weighted by atomic mass is 79.9. The fourth-order valence-corrected chi connectivity index (χ4v) is 3.67. The molecule has 0 bridgehead atoms. The zero-order valence-corrected chi connectivity index (χ0v) is 16.7. The van der Waals surface area contributed by atoms with Crippen LogP contribution in [0.3, 0.4) is 0 Å². The molecule has 1 aromatic carbocycles. The van der Waals surface area contributed by atoms with E-state index in [-0.39, 0.29) is 5.91 Å². The largest absolute Gasteiger partial charge is 0.345 e. The van der Waals surface area contributed by atoms with Gasteiger partial charge in [0.05, 0.1) is 29.7 Å². The molecule has 0 aliphatic carbocycles. The molecule has 4 rings (SSSR count). The molecule has 0 spiro atoms. The average molecular weight is 429 g/mol. The van der Waals surface area contributed by atoms with Gasteiger partial charge in [0.15, 0.2) is 5.82 Å². The fourth-order valence-electron chi connectivity index (χ4n) is 3.41. The minimum Gasteiger partial charge on any atom is -0.345 e. The third-order valence-corrected chi connectivity index (χ3v) is 5.45. The molecule has 1 N–H and O–H groups in total. The van der Waals surface area contributed by atoms with Crippen molar-refractivity contribution in [3.05, 3.63) is 57.8 Å². The average Bonchev–Trinajstić information content (AvgIpc) is 3.15. The van der Waals surface area contributed by atoms with E-state index in [4.69, 9.17) is 0 Å². The molecular weight excluding hydrogens is 408 g/mol. The number of rotatable bonds is 4. The lowest BCUT2D eigenvalue weighted by molar-refractivity contribution is 0.0948. The molecule has 7 nitrogen and oxygen atoms in total. The van der Waals surface area contributed by atoms with Crippen molar-refractivity contribution < 1.29 is 4.79 Å². The number of hydrogen-bond donors (Lipinski definition) is 1. The Kier molecular flexibility index (Phi) is 5.07. The van der Waals surface area contributed by atoms with Gasteiger partial charge in [-0.1, -0.05) is 22.4 Å². The number of carbonyl (C=O) groups is 1. The van der Waals surface area contributed by atoms with Crippen molar-refractivity contribution in [2.24, 2.45) is 0 Å². The van der Waals surface area contributed by atoms with E-state index in [1.807, 2.05) is 31.2 Å². The van der Waals surface area contributed by atoms with E-state index < -0.39 is 0 Å². The molecule has 140 valence electrons. The summed E-state index contributed by atoms with van der Waals surface area (Å²) in [5.74, 6) is 1.69. The van der Waals surface area contributed by atoms with Crippen LogP contribution in [0.15, 0.2) is 34.9 Å². The van der Waals surface area contributed by atoms with Crippen molar-refractivity contribution in [1.29, 1.82) is 0 Å². The predicted molar refractivity (Wildman–Crippen MR) is 105 cm³/mol. The molecule has 0 unspecified atom stereocenters. The lowest BCUT2D eigenvalue weighted by Crippen LogP contribution is -2.25. The van der Waals surface area contributed by atoms with Crippen molar-refractivity contribution >= 4 is 21.8 Å². The van der Waals surface area contributed by atoms with Gasteiger partial charge in [-0.2, -0.15) is 5.10 Å². The Morgan fingerprint density at radius 1 is 1.19 bits per heavy atom. The number of aryl methyl sites for hydroxylation is 1. The van der Waals surface area contributed by atoms with Gasteiger partial charge in [0.1, 0.15) is 5.82 Å². The molecule has 0 atom stereocenters. The first-order valence-electron chi connectivity index (χ1n) is 9.13. The Hall–Kier alpha value is -2.48. The first-order valence-corrected chi connectivity index (χ1v) is 9.92. The summed E-state index contributed by atoms with van der Waals surface area (Å²) in [6, 6.07) is 7.81. The summed E-state index contributed by atoms with van der Waals surface area (Å²) in [4.78, 5) is 12.7. The SMILES string of the molecule is Cc1c(C(=O)NCc2nnc3n2CCCCC3)cnn1-c1ccc(Br)cc1. The van der Waals surface area contributed by atoms with Gasteiger partial charge in [0.2, 0.25) is 0 Å². The molecule has 8 heteroatoms. The fraction of sp³-hybridized carbons (Fsp3) is 0.368. The van der Waals surface area contributed by atoms with Crippen LogP contribution in [-0.2, 0) is 19.5 Å². The molecule has 1 aliphatic heterocycles. The number of nitrogens with one attached hydrogen (secondary N) is 1. The van der Waals surface area contributed by atoms with E-state index in [9.17, 15) is 4.79 Å². The summed E-state index contributed by atoms with van der Waals surface area (Å²) in [6.45, 7) is 3.19. The summed E-state index contributed by atoms with van der Waals surface area (Å²) in [5, 5.41) is 15.9. The number of carbonyl (C=O) groups excluding carboxylic acids is 1. The molecule has 2 aromatic heterocycles. The molecular formula is C19H21BrN6O. The van der Waals surface area contributed by atoms with Crippen LogP contribution >= 0.6 is 15.9 Å². The highest BCUT2D eigenvalue weighted by Gasteiger charge is 2.18. The van der Waals surface area contributed by atoms with E-state index in [1.165, 1.54) is 6.42 Å². The number of aromatic nitrogens is 5. The Morgan fingerprint density at radius 2 is 2.00 bits per heavy atom.